The molecule has 2 N–H and O–H groups in total. The number of hydrogen-bond donors (Lipinski definition) is 2. The first kappa shape index (κ1) is 19.5. The maximum Gasteiger partial charge on any atom is 0.260 e. The lowest BCUT2D eigenvalue weighted by molar-refractivity contribution is -0.132. The summed E-state index contributed by atoms with van der Waals surface area (Å²) in [6.07, 6.45) is 4.10. The summed E-state index contributed by atoms with van der Waals surface area (Å²) < 4.78 is 5.83. The molecule has 2 aromatic carbocycles. The van der Waals surface area contributed by atoms with Gasteiger partial charge in [-0.2, -0.15) is 0 Å². The Labute approximate surface area is 171 Å². The Morgan fingerprint density at radius 3 is 2.76 bits per heavy atom. The summed E-state index contributed by atoms with van der Waals surface area (Å²) in [7, 11) is 0. The highest BCUT2D eigenvalue weighted by Gasteiger charge is 2.18. The van der Waals surface area contributed by atoms with Crippen molar-refractivity contribution in [1.29, 1.82) is 0 Å². The average Bonchev–Trinajstić information content (AvgIpc) is 3.42. The van der Waals surface area contributed by atoms with Crippen LogP contribution in [0, 0.1) is 0 Å². The normalized spacial score (nSPS) is 13.9. The minimum absolute atomic E-state index is 0.0797. The number of ether oxygens (including phenoxy) is 1. The molecule has 6 heteroatoms. The Balaban J connectivity index is 1.21. The van der Waals surface area contributed by atoms with Gasteiger partial charge in [0.1, 0.15) is 11.6 Å². The number of H-pyrrole nitrogens is 1. The van der Waals surface area contributed by atoms with Gasteiger partial charge in [0.25, 0.3) is 5.91 Å². The molecule has 1 fully saturated rings. The molecule has 6 nitrogen and oxygen atoms in total. The molecule has 0 bridgehead atoms. The number of rotatable bonds is 9. The molecule has 1 saturated heterocycles. The van der Waals surface area contributed by atoms with Crippen molar-refractivity contribution >= 4 is 16.9 Å². The first-order valence-corrected chi connectivity index (χ1v) is 10.4. The van der Waals surface area contributed by atoms with Crippen molar-refractivity contribution in [2.45, 2.75) is 32.2 Å². The molecule has 3 aromatic rings. The van der Waals surface area contributed by atoms with Gasteiger partial charge in [0.15, 0.2) is 6.61 Å². The van der Waals surface area contributed by atoms with Gasteiger partial charge < -0.3 is 19.9 Å². The van der Waals surface area contributed by atoms with Crippen LogP contribution in [0.4, 0.5) is 0 Å². The highest BCUT2D eigenvalue weighted by atomic mass is 16.5. The molecule has 0 unspecified atom stereocenters. The fourth-order valence-electron chi connectivity index (χ4n) is 3.72. The number of hydrogen-bond acceptors (Lipinski definition) is 4. The number of fused-ring (bicyclic) bond motifs is 1. The Morgan fingerprint density at radius 2 is 1.90 bits per heavy atom. The van der Waals surface area contributed by atoms with E-state index in [0.717, 1.165) is 73.5 Å². The molecular weight excluding hydrogens is 364 g/mol. The number of benzene rings is 2. The predicted molar refractivity (Wildman–Crippen MR) is 114 cm³/mol. The smallest absolute Gasteiger partial charge is 0.260 e. The summed E-state index contributed by atoms with van der Waals surface area (Å²) in [6.45, 7) is 3.43. The molecule has 1 aliphatic rings. The lowest BCUT2D eigenvalue weighted by Crippen LogP contribution is -2.32. The van der Waals surface area contributed by atoms with Crippen LogP contribution in [0.1, 0.15) is 30.7 Å². The molecule has 152 valence electrons. The number of nitrogens with one attached hydrogen (secondary N) is 2. The first-order valence-electron chi connectivity index (χ1n) is 10.4. The number of para-hydroxylation sites is 3. The van der Waals surface area contributed by atoms with E-state index in [1.54, 1.807) is 0 Å². The highest BCUT2D eigenvalue weighted by Crippen LogP contribution is 2.18. The van der Waals surface area contributed by atoms with Crippen LogP contribution in [0.3, 0.4) is 0 Å². The van der Waals surface area contributed by atoms with Crippen LogP contribution in [-0.4, -0.2) is 47.0 Å². The zero-order valence-electron chi connectivity index (χ0n) is 16.7. The van der Waals surface area contributed by atoms with Crippen LogP contribution in [0.5, 0.6) is 5.75 Å². The monoisotopic (exact) mass is 392 g/mol. The molecule has 0 aliphatic carbocycles. The van der Waals surface area contributed by atoms with Crippen molar-refractivity contribution < 1.29 is 9.53 Å². The second-order valence-electron chi connectivity index (χ2n) is 7.47. The Hall–Kier alpha value is -2.86. The largest absolute Gasteiger partial charge is 0.483 e. The first-order chi connectivity index (χ1) is 14.3. The zero-order valence-corrected chi connectivity index (χ0v) is 16.7. The standard InChI is InChI=1S/C23H28N4O2/c28-23(27-14-5-6-15-27)17-29-21-11-4-1-8-18(21)16-24-13-7-12-22-25-19-9-2-3-10-20(19)26-22/h1-4,8-11,24H,5-7,12-17H2,(H,25,26). The van der Waals surface area contributed by atoms with E-state index in [1.165, 1.54) is 0 Å². The van der Waals surface area contributed by atoms with Crippen LogP contribution < -0.4 is 10.1 Å². The second-order valence-corrected chi connectivity index (χ2v) is 7.47. The van der Waals surface area contributed by atoms with E-state index in [9.17, 15) is 4.79 Å². The van der Waals surface area contributed by atoms with Gasteiger partial charge in [-0.05, 0) is 44.0 Å². The van der Waals surface area contributed by atoms with Crippen molar-refractivity contribution in [3.05, 3.63) is 59.9 Å². The van der Waals surface area contributed by atoms with Crippen molar-refractivity contribution in [1.82, 2.24) is 20.2 Å². The van der Waals surface area contributed by atoms with E-state index in [2.05, 4.69) is 21.4 Å². The summed E-state index contributed by atoms with van der Waals surface area (Å²) in [5, 5.41) is 3.47. The number of aromatic nitrogens is 2. The Bertz CT molecular complexity index is 914. The summed E-state index contributed by atoms with van der Waals surface area (Å²) >= 11 is 0. The van der Waals surface area contributed by atoms with E-state index >= 15 is 0 Å². The van der Waals surface area contributed by atoms with E-state index in [4.69, 9.17) is 4.74 Å². The fourth-order valence-corrected chi connectivity index (χ4v) is 3.72. The maximum absolute atomic E-state index is 12.2. The number of aromatic amines is 1. The maximum atomic E-state index is 12.2. The quantitative estimate of drug-likeness (QED) is 0.548. The average molecular weight is 393 g/mol. The van der Waals surface area contributed by atoms with Gasteiger partial charge in [0.2, 0.25) is 0 Å². The van der Waals surface area contributed by atoms with Gasteiger partial charge in [-0.25, -0.2) is 4.98 Å². The second kappa shape index (κ2) is 9.56. The molecule has 4 rings (SSSR count). The summed E-state index contributed by atoms with van der Waals surface area (Å²) in [5.74, 6) is 1.89. The zero-order chi connectivity index (χ0) is 19.9. The fraction of sp³-hybridized carbons (Fsp3) is 0.391. The number of likely N-dealkylation sites (tertiary alicyclic amines) is 1. The summed E-state index contributed by atoms with van der Waals surface area (Å²) in [5.41, 5.74) is 3.18. The number of carbonyl (C=O) groups is 1. The molecular formula is C23H28N4O2. The van der Waals surface area contributed by atoms with E-state index in [1.807, 2.05) is 47.4 Å². The predicted octanol–water partition coefficient (Wildman–Crippen LogP) is 3.29. The highest BCUT2D eigenvalue weighted by molar-refractivity contribution is 5.78. The summed E-state index contributed by atoms with van der Waals surface area (Å²) in [6, 6.07) is 16.0. The van der Waals surface area contributed by atoms with Crippen molar-refractivity contribution in [3.8, 4) is 5.75 Å². The van der Waals surface area contributed by atoms with Gasteiger partial charge in [0.05, 0.1) is 11.0 Å². The number of imidazole rings is 1. The van der Waals surface area contributed by atoms with Gasteiger partial charge in [-0.1, -0.05) is 30.3 Å². The number of nitrogens with zero attached hydrogens (tertiary/aromatic N) is 2. The van der Waals surface area contributed by atoms with Crippen molar-refractivity contribution in [2.75, 3.05) is 26.2 Å². The SMILES string of the molecule is O=C(COc1ccccc1CNCCCc1nc2ccccc2[nH]1)N1CCCC1. The van der Waals surface area contributed by atoms with Gasteiger partial charge in [-0.15, -0.1) is 0 Å². The van der Waals surface area contributed by atoms with Gasteiger partial charge >= 0.3 is 0 Å². The van der Waals surface area contributed by atoms with Crippen LogP contribution in [0.25, 0.3) is 11.0 Å². The van der Waals surface area contributed by atoms with E-state index < -0.39 is 0 Å². The van der Waals surface area contributed by atoms with Crippen molar-refractivity contribution in [3.63, 3.8) is 0 Å². The third kappa shape index (κ3) is 5.15. The molecule has 0 atom stereocenters. The minimum atomic E-state index is 0.0797. The van der Waals surface area contributed by atoms with Crippen LogP contribution in [0.2, 0.25) is 0 Å². The molecule has 0 spiro atoms. The summed E-state index contributed by atoms with van der Waals surface area (Å²) in [4.78, 5) is 22.1. The van der Waals surface area contributed by atoms with Crippen LogP contribution in [-0.2, 0) is 17.8 Å². The molecule has 0 saturated carbocycles. The van der Waals surface area contributed by atoms with E-state index in [-0.39, 0.29) is 12.5 Å². The Kier molecular flexibility index (Phi) is 6.42. The topological polar surface area (TPSA) is 70.2 Å². The minimum Gasteiger partial charge on any atom is -0.483 e. The third-order valence-corrected chi connectivity index (χ3v) is 5.30. The van der Waals surface area contributed by atoms with Gasteiger partial charge in [-0.3, -0.25) is 4.79 Å². The molecule has 1 aliphatic heterocycles. The number of aryl methyl sites for hydroxylation is 1. The van der Waals surface area contributed by atoms with E-state index in [0.29, 0.717) is 6.54 Å². The molecule has 2 heterocycles. The van der Waals surface area contributed by atoms with Crippen LogP contribution >= 0.6 is 0 Å². The molecule has 1 amide bonds. The molecule has 29 heavy (non-hydrogen) atoms. The van der Waals surface area contributed by atoms with Crippen molar-refractivity contribution in [2.24, 2.45) is 0 Å². The third-order valence-electron chi connectivity index (χ3n) is 5.30. The van der Waals surface area contributed by atoms with Gasteiger partial charge in [0, 0.05) is 31.6 Å². The lowest BCUT2D eigenvalue weighted by Gasteiger charge is -2.17. The lowest BCUT2D eigenvalue weighted by atomic mass is 10.2. The Morgan fingerprint density at radius 1 is 1.10 bits per heavy atom. The number of carbonyl (C=O) groups excluding carboxylic acids is 1. The molecule has 0 radical (unpaired) electrons. The number of amides is 1. The van der Waals surface area contributed by atoms with Crippen LogP contribution in [0.15, 0.2) is 48.5 Å². The molecule has 1 aromatic heterocycles.